The molecule has 0 spiro atoms. The Morgan fingerprint density at radius 1 is 1.07 bits per heavy atom. The van der Waals surface area contributed by atoms with E-state index >= 15 is 0 Å². The zero-order chi connectivity index (χ0) is 20.0. The van der Waals surface area contributed by atoms with Crippen LogP contribution in [0.3, 0.4) is 0 Å². The van der Waals surface area contributed by atoms with Gasteiger partial charge in [0.05, 0.1) is 22.8 Å². The van der Waals surface area contributed by atoms with Crippen molar-refractivity contribution in [1.82, 2.24) is 30.0 Å². The Labute approximate surface area is 165 Å². The van der Waals surface area contributed by atoms with Crippen molar-refractivity contribution < 1.29 is 0 Å². The fourth-order valence-corrected chi connectivity index (χ4v) is 3.45. The van der Waals surface area contributed by atoms with Gasteiger partial charge >= 0.3 is 0 Å². The van der Waals surface area contributed by atoms with E-state index in [4.69, 9.17) is 5.73 Å². The molecule has 3 heterocycles. The van der Waals surface area contributed by atoms with Gasteiger partial charge in [-0.15, -0.1) is 5.10 Å². The molecule has 138 valence electrons. The van der Waals surface area contributed by atoms with Crippen molar-refractivity contribution in [1.29, 1.82) is 5.26 Å². The second kappa shape index (κ2) is 6.35. The number of nitriles is 1. The molecule has 0 amide bonds. The Morgan fingerprint density at radius 3 is 2.83 bits per heavy atom. The smallest absolute Gasteiger partial charge is 0.222 e. The highest BCUT2D eigenvalue weighted by molar-refractivity contribution is 5.90. The lowest BCUT2D eigenvalue weighted by Gasteiger charge is -2.13. The number of fused-ring (bicyclic) bond motifs is 2. The molecule has 29 heavy (non-hydrogen) atoms. The summed E-state index contributed by atoms with van der Waals surface area (Å²) < 4.78 is 1.59. The van der Waals surface area contributed by atoms with E-state index in [2.05, 4.69) is 31.6 Å². The van der Waals surface area contributed by atoms with Crippen LogP contribution in [0.2, 0.25) is 0 Å². The van der Waals surface area contributed by atoms with E-state index in [0.717, 1.165) is 27.6 Å². The summed E-state index contributed by atoms with van der Waals surface area (Å²) >= 11 is 0. The Kier molecular flexibility index (Phi) is 3.67. The molecular formula is C21H14N8. The molecule has 0 fully saturated rings. The summed E-state index contributed by atoms with van der Waals surface area (Å²) in [5.74, 6) is 0.217. The maximum absolute atomic E-state index is 9.30. The number of anilines is 1. The van der Waals surface area contributed by atoms with Crippen LogP contribution >= 0.6 is 0 Å². The highest BCUT2D eigenvalue weighted by Crippen LogP contribution is 2.34. The molecule has 0 aliphatic heterocycles. The summed E-state index contributed by atoms with van der Waals surface area (Å²) in [6.45, 7) is 2.04. The minimum Gasteiger partial charge on any atom is -0.380 e. The molecule has 0 bridgehead atoms. The predicted octanol–water partition coefficient (Wildman–Crippen LogP) is 3.16. The van der Waals surface area contributed by atoms with Crippen LogP contribution < -0.4 is 5.73 Å². The number of rotatable bonds is 2. The number of pyridine rings is 1. The number of nitrogens with two attached hydrogens (primary N) is 1. The van der Waals surface area contributed by atoms with Crippen molar-refractivity contribution >= 4 is 22.4 Å². The number of nitrogen functional groups attached to an aromatic ring is 1. The second-order valence-corrected chi connectivity index (χ2v) is 6.66. The Morgan fingerprint density at radius 2 is 1.97 bits per heavy atom. The first-order valence-electron chi connectivity index (χ1n) is 8.89. The minimum absolute atomic E-state index is 0.217. The maximum atomic E-state index is 9.30. The Hall–Kier alpha value is -4.38. The van der Waals surface area contributed by atoms with Crippen LogP contribution in [-0.4, -0.2) is 30.0 Å². The number of benzene rings is 2. The molecule has 5 aromatic rings. The number of hydrogen-bond donors (Lipinski definition) is 1. The molecule has 2 N–H and O–H groups in total. The zero-order valence-corrected chi connectivity index (χ0v) is 15.4. The summed E-state index contributed by atoms with van der Waals surface area (Å²) in [7, 11) is 0. The van der Waals surface area contributed by atoms with Crippen molar-refractivity contribution in [3.63, 3.8) is 0 Å². The first-order valence-corrected chi connectivity index (χ1v) is 8.89. The van der Waals surface area contributed by atoms with Gasteiger partial charge in [-0.25, -0.2) is 4.98 Å². The lowest BCUT2D eigenvalue weighted by atomic mass is 10.00. The molecule has 0 radical (unpaired) electrons. The third kappa shape index (κ3) is 2.64. The van der Waals surface area contributed by atoms with Crippen molar-refractivity contribution in [3.8, 4) is 28.6 Å². The van der Waals surface area contributed by atoms with Gasteiger partial charge in [0.2, 0.25) is 5.65 Å². The minimum atomic E-state index is 0.217. The van der Waals surface area contributed by atoms with Gasteiger partial charge < -0.3 is 5.73 Å². The number of hydrogen-bond acceptors (Lipinski definition) is 7. The van der Waals surface area contributed by atoms with E-state index in [1.807, 2.05) is 43.3 Å². The quantitative estimate of drug-likeness (QED) is 0.501. The SMILES string of the molecule is Cc1ccnc2ccc(-c3c(-c4cccc(C#N)c4)nc(N)c4nnnn34)cc12. The fraction of sp³-hybridized carbons (Fsp3) is 0.0476. The first kappa shape index (κ1) is 16.8. The molecule has 0 aliphatic rings. The first-order chi connectivity index (χ1) is 14.2. The van der Waals surface area contributed by atoms with Gasteiger partial charge in [-0.3, -0.25) is 4.98 Å². The highest BCUT2D eigenvalue weighted by Gasteiger charge is 2.19. The standard InChI is InChI=1S/C21H14N8/c1-12-7-8-24-17-6-5-15(10-16(12)17)19-18(14-4-2-3-13(9-14)11-22)25-20(23)21-26-27-28-29(19)21/h2-10H,1H3,(H2,23,25). The molecule has 8 nitrogen and oxygen atoms in total. The average molecular weight is 378 g/mol. The number of tetrazole rings is 1. The van der Waals surface area contributed by atoms with E-state index in [9.17, 15) is 5.26 Å². The summed E-state index contributed by atoms with van der Waals surface area (Å²) in [4.78, 5) is 9.02. The van der Waals surface area contributed by atoms with E-state index in [1.165, 1.54) is 0 Å². The van der Waals surface area contributed by atoms with Crippen molar-refractivity contribution in [2.45, 2.75) is 6.92 Å². The van der Waals surface area contributed by atoms with Gasteiger partial charge in [0.15, 0.2) is 5.82 Å². The van der Waals surface area contributed by atoms with E-state index in [-0.39, 0.29) is 5.82 Å². The van der Waals surface area contributed by atoms with Crippen molar-refractivity contribution in [2.24, 2.45) is 0 Å². The van der Waals surface area contributed by atoms with Gasteiger partial charge in [-0.05, 0) is 53.2 Å². The van der Waals surface area contributed by atoms with Gasteiger partial charge in [0.1, 0.15) is 5.69 Å². The normalized spacial score (nSPS) is 11.0. The van der Waals surface area contributed by atoms with Crippen LogP contribution in [0.25, 0.3) is 39.1 Å². The van der Waals surface area contributed by atoms with Crippen LogP contribution in [0.1, 0.15) is 11.1 Å². The zero-order valence-electron chi connectivity index (χ0n) is 15.4. The van der Waals surface area contributed by atoms with Crippen molar-refractivity contribution in [2.75, 3.05) is 5.73 Å². The van der Waals surface area contributed by atoms with Crippen LogP contribution in [0, 0.1) is 18.3 Å². The monoisotopic (exact) mass is 378 g/mol. The molecule has 0 atom stereocenters. The molecule has 0 aliphatic carbocycles. The molecule has 8 heteroatoms. The third-order valence-electron chi connectivity index (χ3n) is 4.87. The lowest BCUT2D eigenvalue weighted by molar-refractivity contribution is 0.827. The largest absolute Gasteiger partial charge is 0.380 e. The average Bonchev–Trinajstić information content (AvgIpc) is 3.24. The van der Waals surface area contributed by atoms with Gasteiger partial charge in [-0.2, -0.15) is 9.78 Å². The lowest BCUT2D eigenvalue weighted by Crippen LogP contribution is -2.05. The highest BCUT2D eigenvalue weighted by atomic mass is 15.5. The third-order valence-corrected chi connectivity index (χ3v) is 4.87. The number of aromatic nitrogens is 6. The van der Waals surface area contributed by atoms with Crippen LogP contribution in [0.5, 0.6) is 0 Å². The molecule has 0 saturated carbocycles. The Bertz CT molecular complexity index is 1440. The summed E-state index contributed by atoms with van der Waals surface area (Å²) in [5.41, 5.74) is 12.0. The van der Waals surface area contributed by atoms with Crippen molar-refractivity contribution in [3.05, 3.63) is 65.9 Å². The van der Waals surface area contributed by atoms with E-state index in [1.54, 1.807) is 22.8 Å². The number of nitrogens with zero attached hydrogens (tertiary/aromatic N) is 7. The Balaban J connectivity index is 1.87. The van der Waals surface area contributed by atoms with Gasteiger partial charge in [0.25, 0.3) is 0 Å². The molecular weight excluding hydrogens is 364 g/mol. The fourth-order valence-electron chi connectivity index (χ4n) is 3.45. The second-order valence-electron chi connectivity index (χ2n) is 6.66. The predicted molar refractivity (Wildman–Crippen MR) is 109 cm³/mol. The number of aryl methyl sites for hydroxylation is 1. The van der Waals surface area contributed by atoms with Gasteiger partial charge in [0, 0.05) is 22.7 Å². The van der Waals surface area contributed by atoms with Crippen LogP contribution in [-0.2, 0) is 0 Å². The van der Waals surface area contributed by atoms with Crippen LogP contribution in [0.4, 0.5) is 5.82 Å². The maximum Gasteiger partial charge on any atom is 0.222 e. The van der Waals surface area contributed by atoms with Gasteiger partial charge in [-0.1, -0.05) is 18.2 Å². The molecule has 5 rings (SSSR count). The molecule has 0 unspecified atom stereocenters. The molecule has 3 aromatic heterocycles. The summed E-state index contributed by atoms with van der Waals surface area (Å²) in [5, 5.41) is 22.2. The topological polar surface area (TPSA) is 119 Å². The summed E-state index contributed by atoms with van der Waals surface area (Å²) in [6.07, 6.45) is 1.79. The van der Waals surface area contributed by atoms with E-state index in [0.29, 0.717) is 22.6 Å². The van der Waals surface area contributed by atoms with E-state index < -0.39 is 0 Å². The molecule has 2 aromatic carbocycles. The van der Waals surface area contributed by atoms with Crippen LogP contribution in [0.15, 0.2) is 54.7 Å². The molecule has 0 saturated heterocycles. The summed E-state index contributed by atoms with van der Waals surface area (Å²) in [6, 6.07) is 17.3.